The van der Waals surface area contributed by atoms with Crippen LogP contribution in [0, 0.1) is 0 Å². The molecule has 0 aromatic carbocycles. The van der Waals surface area contributed by atoms with Crippen LogP contribution in [-0.2, 0) is 13.2 Å². The summed E-state index contributed by atoms with van der Waals surface area (Å²) in [6, 6.07) is 0. The van der Waals surface area contributed by atoms with E-state index in [-0.39, 0.29) is 5.15 Å². The van der Waals surface area contributed by atoms with Crippen molar-refractivity contribution in [3.8, 4) is 0 Å². The number of hydrogen-bond acceptors (Lipinski definition) is 2. The molecule has 0 radical (unpaired) electrons. The minimum Gasteiger partial charge on any atom is -0.293 e. The van der Waals surface area contributed by atoms with Gasteiger partial charge in [0.15, 0.2) is 11.5 Å². The highest BCUT2D eigenvalue weighted by Crippen LogP contribution is 2.34. The molecule has 15 heavy (non-hydrogen) atoms. The Morgan fingerprint density at radius 2 is 2.07 bits per heavy atom. The van der Waals surface area contributed by atoms with Gasteiger partial charge in [-0.05, 0) is 0 Å². The molecule has 1 heterocycles. The lowest BCUT2D eigenvalue weighted by molar-refractivity contribution is -0.141. The SMILES string of the molecule is Cn1nc(C(F)(F)F)c(C(=O)CCl)c1Cl. The molecule has 0 aliphatic rings. The second-order valence-electron chi connectivity index (χ2n) is 2.69. The topological polar surface area (TPSA) is 34.9 Å². The minimum absolute atomic E-state index is 0.368. The number of aromatic nitrogens is 2. The van der Waals surface area contributed by atoms with Gasteiger partial charge in [0.1, 0.15) is 5.15 Å². The predicted molar refractivity (Wildman–Crippen MR) is 48.3 cm³/mol. The Bertz CT molecular complexity index is 400. The van der Waals surface area contributed by atoms with Crippen LogP contribution >= 0.6 is 23.2 Å². The number of carbonyl (C=O) groups excluding carboxylic acids is 1. The van der Waals surface area contributed by atoms with E-state index in [1.807, 2.05) is 0 Å². The third-order valence-electron chi connectivity index (χ3n) is 1.65. The molecule has 0 N–H and O–H groups in total. The zero-order valence-electron chi connectivity index (χ0n) is 7.40. The van der Waals surface area contributed by atoms with Crippen LogP contribution in [0.3, 0.4) is 0 Å². The van der Waals surface area contributed by atoms with Gasteiger partial charge in [0.25, 0.3) is 0 Å². The number of Topliss-reactive ketones (excluding diaryl/α,β-unsaturated/α-hetero) is 1. The van der Waals surface area contributed by atoms with Crippen molar-refractivity contribution in [3.63, 3.8) is 0 Å². The number of rotatable bonds is 2. The first kappa shape index (κ1) is 12.3. The number of carbonyl (C=O) groups is 1. The normalized spacial score (nSPS) is 11.9. The van der Waals surface area contributed by atoms with E-state index in [9.17, 15) is 18.0 Å². The molecule has 0 fully saturated rings. The lowest BCUT2D eigenvalue weighted by Gasteiger charge is -2.03. The molecule has 0 bridgehead atoms. The summed E-state index contributed by atoms with van der Waals surface area (Å²) in [5, 5.41) is 2.76. The third-order valence-corrected chi connectivity index (χ3v) is 2.32. The van der Waals surface area contributed by atoms with E-state index >= 15 is 0 Å². The lowest BCUT2D eigenvalue weighted by atomic mass is 10.2. The molecule has 0 aliphatic heterocycles. The van der Waals surface area contributed by atoms with Gasteiger partial charge in [0.2, 0.25) is 0 Å². The second-order valence-corrected chi connectivity index (χ2v) is 3.32. The van der Waals surface area contributed by atoms with Crippen LogP contribution in [0.4, 0.5) is 13.2 Å². The summed E-state index contributed by atoms with van der Waals surface area (Å²) in [7, 11) is 1.21. The van der Waals surface area contributed by atoms with Crippen molar-refractivity contribution in [2.24, 2.45) is 7.05 Å². The molecule has 0 aliphatic carbocycles. The number of halogens is 5. The third kappa shape index (κ3) is 2.26. The minimum atomic E-state index is -4.72. The molecule has 3 nitrogen and oxygen atoms in total. The van der Waals surface area contributed by atoms with Gasteiger partial charge in [-0.1, -0.05) is 11.6 Å². The zero-order chi connectivity index (χ0) is 11.8. The first-order valence-electron chi connectivity index (χ1n) is 3.68. The van der Waals surface area contributed by atoms with E-state index in [1.54, 1.807) is 0 Å². The average Bonchev–Trinajstić information content (AvgIpc) is 2.42. The highest BCUT2D eigenvalue weighted by molar-refractivity contribution is 6.37. The molecule has 0 amide bonds. The molecule has 8 heteroatoms. The molecule has 1 rings (SSSR count). The standard InChI is InChI=1S/C7H5Cl2F3N2O/c1-14-6(9)4(3(15)2-8)5(13-14)7(10,11)12/h2H2,1H3. The summed E-state index contributed by atoms with van der Waals surface area (Å²) in [6.45, 7) is 0. The van der Waals surface area contributed by atoms with Crippen molar-refractivity contribution < 1.29 is 18.0 Å². The Labute approximate surface area is 92.8 Å². The van der Waals surface area contributed by atoms with Gasteiger partial charge in [0.05, 0.1) is 11.4 Å². The number of hydrogen-bond donors (Lipinski definition) is 0. The number of alkyl halides is 4. The molecule has 0 saturated carbocycles. The monoisotopic (exact) mass is 260 g/mol. The van der Waals surface area contributed by atoms with Crippen LogP contribution in [0.25, 0.3) is 0 Å². The number of aryl methyl sites for hydroxylation is 1. The molecule has 0 atom stereocenters. The van der Waals surface area contributed by atoms with Gasteiger partial charge in [-0.15, -0.1) is 11.6 Å². The molecular weight excluding hydrogens is 256 g/mol. The molecule has 1 aromatic heterocycles. The van der Waals surface area contributed by atoms with Crippen LogP contribution in [0.15, 0.2) is 0 Å². The van der Waals surface area contributed by atoms with E-state index < -0.39 is 29.1 Å². The average molecular weight is 261 g/mol. The summed E-state index contributed by atoms with van der Waals surface area (Å²) >= 11 is 10.7. The second kappa shape index (κ2) is 4.02. The van der Waals surface area contributed by atoms with Crippen LogP contribution in [-0.4, -0.2) is 21.4 Å². The number of nitrogens with zero attached hydrogens (tertiary/aromatic N) is 2. The smallest absolute Gasteiger partial charge is 0.293 e. The van der Waals surface area contributed by atoms with Gasteiger partial charge in [-0.2, -0.15) is 18.3 Å². The first-order chi connectivity index (χ1) is 6.79. The summed E-state index contributed by atoms with van der Waals surface area (Å²) < 4.78 is 38.0. The van der Waals surface area contributed by atoms with E-state index in [0.717, 1.165) is 4.68 Å². The van der Waals surface area contributed by atoms with Gasteiger partial charge in [-0.25, -0.2) is 0 Å². The van der Waals surface area contributed by atoms with Gasteiger partial charge < -0.3 is 0 Å². The van der Waals surface area contributed by atoms with E-state index in [2.05, 4.69) is 5.10 Å². The Kier molecular flexibility index (Phi) is 3.30. The highest BCUT2D eigenvalue weighted by atomic mass is 35.5. The Balaban J connectivity index is 3.40. The number of ketones is 1. The highest BCUT2D eigenvalue weighted by Gasteiger charge is 2.40. The zero-order valence-corrected chi connectivity index (χ0v) is 8.91. The van der Waals surface area contributed by atoms with Crippen LogP contribution in [0.2, 0.25) is 5.15 Å². The van der Waals surface area contributed by atoms with E-state index in [1.165, 1.54) is 7.05 Å². The van der Waals surface area contributed by atoms with Crippen molar-refractivity contribution in [3.05, 3.63) is 16.4 Å². The van der Waals surface area contributed by atoms with Crippen LogP contribution in [0.5, 0.6) is 0 Å². The fourth-order valence-electron chi connectivity index (χ4n) is 1.02. The molecule has 0 spiro atoms. The maximum atomic E-state index is 12.4. The van der Waals surface area contributed by atoms with Crippen molar-refractivity contribution >= 4 is 29.0 Å². The Morgan fingerprint density at radius 3 is 2.47 bits per heavy atom. The van der Waals surface area contributed by atoms with E-state index in [4.69, 9.17) is 23.2 Å². The van der Waals surface area contributed by atoms with Gasteiger partial charge in [-0.3, -0.25) is 9.48 Å². The van der Waals surface area contributed by atoms with Gasteiger partial charge in [0, 0.05) is 7.05 Å². The summed E-state index contributed by atoms with van der Waals surface area (Å²) in [5.74, 6) is -1.48. The summed E-state index contributed by atoms with van der Waals surface area (Å²) in [5.41, 5.74) is -1.98. The molecule has 84 valence electrons. The Morgan fingerprint density at radius 1 is 1.53 bits per heavy atom. The first-order valence-corrected chi connectivity index (χ1v) is 4.59. The van der Waals surface area contributed by atoms with Crippen LogP contribution in [0.1, 0.15) is 16.1 Å². The molecule has 1 aromatic rings. The summed E-state index contributed by atoms with van der Waals surface area (Å²) in [4.78, 5) is 11.1. The van der Waals surface area contributed by atoms with Crippen molar-refractivity contribution in [2.45, 2.75) is 6.18 Å². The molecule has 0 saturated heterocycles. The van der Waals surface area contributed by atoms with Crippen molar-refractivity contribution in [1.82, 2.24) is 9.78 Å². The quantitative estimate of drug-likeness (QED) is 0.605. The van der Waals surface area contributed by atoms with Gasteiger partial charge >= 0.3 is 6.18 Å². The molecular formula is C7H5Cl2F3N2O. The Hall–Kier alpha value is -0.750. The largest absolute Gasteiger partial charge is 0.435 e. The fourth-order valence-corrected chi connectivity index (χ4v) is 1.38. The lowest BCUT2D eigenvalue weighted by Crippen LogP contribution is -2.13. The van der Waals surface area contributed by atoms with Crippen molar-refractivity contribution in [2.75, 3.05) is 5.88 Å². The summed E-state index contributed by atoms with van der Waals surface area (Å²) in [6.07, 6.45) is -4.72. The van der Waals surface area contributed by atoms with E-state index in [0.29, 0.717) is 0 Å². The predicted octanol–water partition coefficient (Wildman–Crippen LogP) is 2.51. The fraction of sp³-hybridized carbons (Fsp3) is 0.429. The van der Waals surface area contributed by atoms with Crippen molar-refractivity contribution in [1.29, 1.82) is 0 Å². The van der Waals surface area contributed by atoms with Crippen LogP contribution < -0.4 is 0 Å². The molecule has 0 unspecified atom stereocenters. The maximum Gasteiger partial charge on any atom is 0.435 e. The maximum absolute atomic E-state index is 12.4.